The lowest BCUT2D eigenvalue weighted by atomic mass is 10.2. The van der Waals surface area contributed by atoms with Gasteiger partial charge in [0.2, 0.25) is 10.0 Å². The number of rotatable bonds is 8. The molecule has 1 aliphatic rings. The van der Waals surface area contributed by atoms with E-state index in [0.717, 1.165) is 19.4 Å². The Morgan fingerprint density at radius 3 is 3.05 bits per heavy atom. The van der Waals surface area contributed by atoms with Gasteiger partial charge in [-0.05, 0) is 41.3 Å². The van der Waals surface area contributed by atoms with Crippen LogP contribution in [-0.4, -0.2) is 45.9 Å². The van der Waals surface area contributed by atoms with Gasteiger partial charge in [-0.15, -0.1) is 0 Å². The van der Waals surface area contributed by atoms with Crippen LogP contribution in [0.4, 0.5) is 0 Å². The van der Waals surface area contributed by atoms with Gasteiger partial charge in [0.15, 0.2) is 0 Å². The van der Waals surface area contributed by atoms with Crippen LogP contribution in [0.15, 0.2) is 27.8 Å². The molecule has 8 heteroatoms. The van der Waals surface area contributed by atoms with Crippen molar-refractivity contribution in [3.8, 4) is 0 Å². The molecule has 1 fully saturated rings. The molecule has 2 rings (SSSR count). The zero-order chi connectivity index (χ0) is 15.1. The third kappa shape index (κ3) is 5.63. The first kappa shape index (κ1) is 16.8. The fourth-order valence-corrected chi connectivity index (χ4v) is 3.57. The maximum atomic E-state index is 12.0. The highest BCUT2D eigenvalue weighted by molar-refractivity contribution is 9.10. The zero-order valence-electron chi connectivity index (χ0n) is 11.6. The van der Waals surface area contributed by atoms with Crippen LogP contribution >= 0.6 is 15.9 Å². The molecule has 0 aliphatic carbocycles. The van der Waals surface area contributed by atoms with Crippen LogP contribution in [0.2, 0.25) is 0 Å². The first-order chi connectivity index (χ1) is 10.1. The molecule has 118 valence electrons. The summed E-state index contributed by atoms with van der Waals surface area (Å²) in [6, 6.07) is 1.52. The van der Waals surface area contributed by atoms with E-state index in [1.165, 1.54) is 18.5 Å². The summed E-state index contributed by atoms with van der Waals surface area (Å²) in [5.41, 5.74) is 0. The zero-order valence-corrected chi connectivity index (χ0v) is 14.0. The van der Waals surface area contributed by atoms with E-state index < -0.39 is 10.0 Å². The van der Waals surface area contributed by atoms with Crippen LogP contribution in [0.1, 0.15) is 19.3 Å². The van der Waals surface area contributed by atoms with E-state index in [1.54, 1.807) is 0 Å². The summed E-state index contributed by atoms with van der Waals surface area (Å²) in [5.74, 6) is 0. The van der Waals surface area contributed by atoms with E-state index in [0.29, 0.717) is 30.7 Å². The van der Waals surface area contributed by atoms with Gasteiger partial charge in [0.1, 0.15) is 4.90 Å². The summed E-state index contributed by atoms with van der Waals surface area (Å²) in [5, 5.41) is 0. The van der Waals surface area contributed by atoms with Crippen LogP contribution < -0.4 is 4.72 Å². The Hall–Kier alpha value is -0.540. The monoisotopic (exact) mass is 378 g/mol. The van der Waals surface area contributed by atoms with Crippen molar-refractivity contribution in [2.24, 2.45) is 0 Å². The molecule has 1 saturated heterocycles. The summed E-state index contributed by atoms with van der Waals surface area (Å²) in [6.45, 7) is 2.25. The second kappa shape index (κ2) is 8.19. The average Bonchev–Trinajstić information content (AvgIpc) is 2.96. The van der Waals surface area contributed by atoms with Crippen LogP contribution in [-0.2, 0) is 19.5 Å². The van der Waals surface area contributed by atoms with Crippen molar-refractivity contribution in [3.05, 3.63) is 22.9 Å². The first-order valence-corrected chi connectivity index (χ1v) is 9.15. The lowest BCUT2D eigenvalue weighted by molar-refractivity contribution is 0.0169. The molecule has 0 saturated carbocycles. The molecule has 1 aromatic heterocycles. The summed E-state index contributed by atoms with van der Waals surface area (Å²) in [6.07, 6.45) is 5.82. The molecule has 1 aliphatic heterocycles. The molecular formula is C13H19BrN2O4S. The topological polar surface area (TPSA) is 77.5 Å². The number of nitrogens with one attached hydrogen (secondary N) is 1. The second-order valence-electron chi connectivity index (χ2n) is 4.80. The Labute approximate surface area is 133 Å². The summed E-state index contributed by atoms with van der Waals surface area (Å²) in [4.78, 5) is 4.00. The molecule has 1 atom stereocenters. The highest BCUT2D eigenvalue weighted by Gasteiger charge is 2.16. The highest BCUT2D eigenvalue weighted by atomic mass is 79.9. The first-order valence-electron chi connectivity index (χ1n) is 6.87. The number of halogens is 1. The van der Waals surface area contributed by atoms with Gasteiger partial charge in [0, 0.05) is 36.6 Å². The molecular weight excluding hydrogens is 360 g/mol. The third-order valence-corrected chi connectivity index (χ3v) is 4.94. The van der Waals surface area contributed by atoms with Crippen molar-refractivity contribution >= 4 is 26.0 Å². The van der Waals surface area contributed by atoms with Gasteiger partial charge in [0.05, 0.1) is 12.7 Å². The van der Waals surface area contributed by atoms with Crippen molar-refractivity contribution in [2.45, 2.75) is 30.3 Å². The van der Waals surface area contributed by atoms with Gasteiger partial charge in [-0.1, -0.05) is 0 Å². The minimum Gasteiger partial charge on any atom is -0.379 e. The maximum absolute atomic E-state index is 12.0. The molecule has 1 N–H and O–H groups in total. The number of ether oxygens (including phenoxy) is 2. The van der Waals surface area contributed by atoms with Crippen LogP contribution in [0, 0.1) is 0 Å². The van der Waals surface area contributed by atoms with Crippen molar-refractivity contribution < 1.29 is 17.9 Å². The molecule has 1 aromatic rings. The number of sulfonamides is 1. The molecule has 6 nitrogen and oxygen atoms in total. The van der Waals surface area contributed by atoms with Crippen molar-refractivity contribution in [1.82, 2.24) is 9.71 Å². The standard InChI is InChI=1S/C13H19BrN2O4S/c14-11-7-13(9-15-8-11)21(17,18)16-4-2-5-19-10-12-3-1-6-20-12/h7-9,12,16H,1-6,10H2. The van der Waals surface area contributed by atoms with Crippen molar-refractivity contribution in [3.63, 3.8) is 0 Å². The molecule has 2 heterocycles. The minimum absolute atomic E-state index is 0.150. The number of pyridine rings is 1. The molecule has 1 unspecified atom stereocenters. The summed E-state index contributed by atoms with van der Waals surface area (Å²) >= 11 is 3.20. The quantitative estimate of drug-likeness (QED) is 0.696. The predicted octanol–water partition coefficient (Wildman–Crippen LogP) is 1.71. The Morgan fingerprint density at radius 2 is 2.33 bits per heavy atom. The number of hydrogen-bond acceptors (Lipinski definition) is 5. The van der Waals surface area contributed by atoms with Crippen molar-refractivity contribution in [2.75, 3.05) is 26.4 Å². The van der Waals surface area contributed by atoms with Gasteiger partial charge in [-0.25, -0.2) is 13.1 Å². The summed E-state index contributed by atoms with van der Waals surface area (Å²) < 4.78 is 38.1. The number of nitrogens with zero attached hydrogens (tertiary/aromatic N) is 1. The minimum atomic E-state index is -3.51. The molecule has 0 spiro atoms. The lowest BCUT2D eigenvalue weighted by Gasteiger charge is -2.10. The average molecular weight is 379 g/mol. The SMILES string of the molecule is O=S(=O)(NCCCOCC1CCCO1)c1cncc(Br)c1. The van der Waals surface area contributed by atoms with Crippen LogP contribution in [0.3, 0.4) is 0 Å². The Bertz CT molecular complexity index is 547. The van der Waals surface area contributed by atoms with Gasteiger partial charge >= 0.3 is 0 Å². The normalized spacial score (nSPS) is 19.0. The fourth-order valence-electron chi connectivity index (χ4n) is 1.99. The smallest absolute Gasteiger partial charge is 0.242 e. The third-order valence-electron chi connectivity index (χ3n) is 3.08. The Kier molecular flexibility index (Phi) is 6.56. The highest BCUT2D eigenvalue weighted by Crippen LogP contribution is 2.14. The molecule has 21 heavy (non-hydrogen) atoms. The second-order valence-corrected chi connectivity index (χ2v) is 7.48. The fraction of sp³-hybridized carbons (Fsp3) is 0.615. The van der Waals surface area contributed by atoms with E-state index in [2.05, 4.69) is 25.6 Å². The lowest BCUT2D eigenvalue weighted by Crippen LogP contribution is -2.26. The van der Waals surface area contributed by atoms with Gasteiger partial charge in [0.25, 0.3) is 0 Å². The number of aromatic nitrogens is 1. The largest absolute Gasteiger partial charge is 0.379 e. The molecule has 0 amide bonds. The summed E-state index contributed by atoms with van der Waals surface area (Å²) in [7, 11) is -3.51. The molecule has 0 aromatic carbocycles. The van der Waals surface area contributed by atoms with Crippen LogP contribution in [0.25, 0.3) is 0 Å². The van der Waals surface area contributed by atoms with Crippen molar-refractivity contribution in [1.29, 1.82) is 0 Å². The van der Waals surface area contributed by atoms with E-state index in [4.69, 9.17) is 9.47 Å². The van der Waals surface area contributed by atoms with E-state index in [9.17, 15) is 8.42 Å². The molecule has 0 bridgehead atoms. The van der Waals surface area contributed by atoms with E-state index in [-0.39, 0.29) is 11.0 Å². The van der Waals surface area contributed by atoms with Crippen LogP contribution in [0.5, 0.6) is 0 Å². The number of hydrogen-bond donors (Lipinski definition) is 1. The maximum Gasteiger partial charge on any atom is 0.242 e. The van der Waals surface area contributed by atoms with E-state index in [1.807, 2.05) is 0 Å². The Balaban J connectivity index is 1.65. The molecule has 0 radical (unpaired) electrons. The Morgan fingerprint density at radius 1 is 1.48 bits per heavy atom. The predicted molar refractivity (Wildman–Crippen MR) is 81.5 cm³/mol. The van der Waals surface area contributed by atoms with E-state index >= 15 is 0 Å². The van der Waals surface area contributed by atoms with Gasteiger partial charge in [-0.2, -0.15) is 0 Å². The van der Waals surface area contributed by atoms with Gasteiger partial charge < -0.3 is 9.47 Å². The van der Waals surface area contributed by atoms with Gasteiger partial charge in [-0.3, -0.25) is 4.98 Å².